The molecule has 144 valence electrons. The molecule has 0 radical (unpaired) electrons. The van der Waals surface area contributed by atoms with E-state index in [0.717, 1.165) is 24.0 Å². The Kier molecular flexibility index (Phi) is 2.74. The van der Waals surface area contributed by atoms with E-state index in [4.69, 9.17) is 4.98 Å². The fraction of sp³-hybridized carbons (Fsp3) is 0.0714. The van der Waals surface area contributed by atoms with Crippen LogP contribution in [0.5, 0.6) is 0 Å². The molecule has 3 heteroatoms. The molecule has 3 aromatic heterocycles. The molecule has 0 aliphatic heterocycles. The number of nitrogens with zero attached hydrogens (tertiary/aromatic N) is 3. The third-order valence-corrected chi connectivity index (χ3v) is 7.17. The van der Waals surface area contributed by atoms with Crippen LogP contribution in [0.2, 0.25) is 0 Å². The van der Waals surface area contributed by atoms with Crippen LogP contribution in [0.3, 0.4) is 0 Å². The van der Waals surface area contributed by atoms with Crippen LogP contribution in [-0.4, -0.2) is 14.4 Å². The maximum Gasteiger partial charge on any atom is 0.145 e. The predicted molar refractivity (Wildman–Crippen MR) is 124 cm³/mol. The Morgan fingerprint density at radius 1 is 0.710 bits per heavy atom. The van der Waals surface area contributed by atoms with Gasteiger partial charge in [0.05, 0.1) is 11.7 Å². The molecule has 0 bridgehead atoms. The van der Waals surface area contributed by atoms with Gasteiger partial charge in [-0.25, -0.2) is 4.98 Å². The predicted octanol–water partition coefficient (Wildman–Crippen LogP) is 6.18. The summed E-state index contributed by atoms with van der Waals surface area (Å²) in [6.45, 7) is 0. The average Bonchev–Trinajstić information content (AvgIpc) is 3.52. The van der Waals surface area contributed by atoms with Crippen molar-refractivity contribution in [2.75, 3.05) is 0 Å². The van der Waals surface area contributed by atoms with Crippen molar-refractivity contribution in [3.63, 3.8) is 0 Å². The Labute approximate surface area is 178 Å². The van der Waals surface area contributed by atoms with E-state index < -0.39 is 0 Å². The SMILES string of the molecule is c1ccc2c(c1)Cc1cc3c(cc1-2)-c1c(ccc2c4ccncc4n4ccnc4c12)C3. The lowest BCUT2D eigenvalue weighted by atomic mass is 9.94. The molecule has 0 spiro atoms. The highest BCUT2D eigenvalue weighted by atomic mass is 15.0. The van der Waals surface area contributed by atoms with Crippen LogP contribution in [-0.2, 0) is 12.8 Å². The van der Waals surface area contributed by atoms with Gasteiger partial charge < -0.3 is 0 Å². The summed E-state index contributed by atoms with van der Waals surface area (Å²) < 4.78 is 2.19. The quantitative estimate of drug-likeness (QED) is 0.287. The van der Waals surface area contributed by atoms with E-state index in [1.807, 2.05) is 24.8 Å². The molecule has 2 aliphatic carbocycles. The second-order valence-electron chi connectivity index (χ2n) is 8.71. The maximum atomic E-state index is 4.79. The normalized spacial score (nSPS) is 13.5. The Morgan fingerprint density at radius 3 is 2.61 bits per heavy atom. The maximum absolute atomic E-state index is 4.79. The number of pyridine rings is 2. The second-order valence-corrected chi connectivity index (χ2v) is 8.71. The van der Waals surface area contributed by atoms with Crippen LogP contribution < -0.4 is 0 Å². The van der Waals surface area contributed by atoms with Crippen LogP contribution in [0.1, 0.15) is 22.3 Å². The molecule has 6 aromatic rings. The van der Waals surface area contributed by atoms with Crippen molar-refractivity contribution in [2.24, 2.45) is 0 Å². The summed E-state index contributed by atoms with van der Waals surface area (Å²) in [6.07, 6.45) is 9.80. The van der Waals surface area contributed by atoms with Crippen LogP contribution in [0.15, 0.2) is 79.4 Å². The fourth-order valence-corrected chi connectivity index (χ4v) is 5.87. The van der Waals surface area contributed by atoms with Gasteiger partial charge in [0.15, 0.2) is 0 Å². The minimum Gasteiger partial charge on any atom is -0.298 e. The van der Waals surface area contributed by atoms with E-state index in [1.54, 1.807) is 0 Å². The minimum absolute atomic E-state index is 0.992. The van der Waals surface area contributed by atoms with Crippen LogP contribution in [0.25, 0.3) is 49.6 Å². The van der Waals surface area contributed by atoms with Gasteiger partial charge in [0.1, 0.15) is 5.65 Å². The van der Waals surface area contributed by atoms with Gasteiger partial charge in [-0.3, -0.25) is 9.38 Å². The van der Waals surface area contributed by atoms with Gasteiger partial charge in [-0.05, 0) is 74.9 Å². The van der Waals surface area contributed by atoms with Crippen molar-refractivity contribution in [3.8, 4) is 22.3 Å². The van der Waals surface area contributed by atoms with E-state index in [0.29, 0.717) is 0 Å². The molecule has 3 nitrogen and oxygen atoms in total. The summed E-state index contributed by atoms with van der Waals surface area (Å²) in [7, 11) is 0. The first kappa shape index (κ1) is 15.8. The minimum atomic E-state index is 0.992. The lowest BCUT2D eigenvalue weighted by Crippen LogP contribution is -1.94. The molecule has 0 atom stereocenters. The van der Waals surface area contributed by atoms with Crippen LogP contribution in [0, 0.1) is 0 Å². The van der Waals surface area contributed by atoms with Crippen molar-refractivity contribution in [2.45, 2.75) is 12.8 Å². The summed E-state index contributed by atoms with van der Waals surface area (Å²) in [5, 5.41) is 3.73. The Hall–Kier alpha value is -3.98. The van der Waals surface area contributed by atoms with Gasteiger partial charge in [-0.2, -0.15) is 0 Å². The zero-order valence-electron chi connectivity index (χ0n) is 16.8. The molecule has 0 saturated heterocycles. The monoisotopic (exact) mass is 395 g/mol. The molecule has 31 heavy (non-hydrogen) atoms. The lowest BCUT2D eigenvalue weighted by molar-refractivity contribution is 1.21. The lowest BCUT2D eigenvalue weighted by Gasteiger charge is -2.13. The number of benzene rings is 3. The molecular weight excluding hydrogens is 378 g/mol. The van der Waals surface area contributed by atoms with Gasteiger partial charge in [0, 0.05) is 29.4 Å². The average molecular weight is 395 g/mol. The van der Waals surface area contributed by atoms with E-state index >= 15 is 0 Å². The fourth-order valence-electron chi connectivity index (χ4n) is 5.87. The summed E-state index contributed by atoms with van der Waals surface area (Å²) in [4.78, 5) is 9.16. The standard InChI is InChI=1S/C28H17N3/c1-2-4-20-16(3-1)11-18-13-19-12-17-5-6-22-21-7-8-29-15-25(21)31-10-9-30-28(31)27(22)26(17)24(19)14-23(18)20/h1-10,13-15H,11-12H2. The van der Waals surface area contributed by atoms with Crippen molar-refractivity contribution in [1.82, 2.24) is 14.4 Å². The topological polar surface area (TPSA) is 30.2 Å². The van der Waals surface area contributed by atoms with Gasteiger partial charge in [-0.1, -0.05) is 42.5 Å². The van der Waals surface area contributed by atoms with Crippen molar-refractivity contribution in [3.05, 3.63) is 102 Å². The van der Waals surface area contributed by atoms with Gasteiger partial charge >= 0.3 is 0 Å². The first-order valence-electron chi connectivity index (χ1n) is 10.8. The molecule has 0 fully saturated rings. The van der Waals surface area contributed by atoms with Crippen molar-refractivity contribution in [1.29, 1.82) is 0 Å². The van der Waals surface area contributed by atoms with Gasteiger partial charge in [0.25, 0.3) is 0 Å². The Morgan fingerprint density at radius 2 is 1.61 bits per heavy atom. The van der Waals surface area contributed by atoms with Gasteiger partial charge in [-0.15, -0.1) is 0 Å². The van der Waals surface area contributed by atoms with E-state index in [2.05, 4.69) is 64.0 Å². The Bertz CT molecular complexity index is 1740. The summed E-state index contributed by atoms with van der Waals surface area (Å²) in [6, 6.07) is 20.4. The van der Waals surface area contributed by atoms with Crippen LogP contribution >= 0.6 is 0 Å². The molecule has 8 rings (SSSR count). The third kappa shape index (κ3) is 1.89. The number of hydrogen-bond acceptors (Lipinski definition) is 2. The van der Waals surface area contributed by atoms with E-state index in [9.17, 15) is 0 Å². The zero-order chi connectivity index (χ0) is 20.1. The number of aromatic nitrogens is 3. The molecule has 0 unspecified atom stereocenters. The molecule has 2 aliphatic rings. The van der Waals surface area contributed by atoms with Crippen LogP contribution in [0.4, 0.5) is 0 Å². The van der Waals surface area contributed by atoms with Crippen molar-refractivity contribution >= 4 is 27.3 Å². The molecule has 3 aromatic carbocycles. The number of fused-ring (bicyclic) bond motifs is 13. The highest BCUT2D eigenvalue weighted by Crippen LogP contribution is 2.48. The number of rotatable bonds is 0. The molecule has 0 saturated carbocycles. The highest BCUT2D eigenvalue weighted by molar-refractivity contribution is 6.18. The number of hydrogen-bond donors (Lipinski definition) is 0. The zero-order valence-corrected chi connectivity index (χ0v) is 16.8. The summed E-state index contributed by atoms with van der Waals surface area (Å²) >= 11 is 0. The molecular formula is C28H17N3. The second kappa shape index (κ2) is 5.38. The van der Waals surface area contributed by atoms with E-state index in [1.165, 1.54) is 60.7 Å². The molecule has 0 amide bonds. The highest BCUT2D eigenvalue weighted by Gasteiger charge is 2.27. The van der Waals surface area contributed by atoms with E-state index in [-0.39, 0.29) is 0 Å². The van der Waals surface area contributed by atoms with Crippen molar-refractivity contribution < 1.29 is 0 Å². The Balaban J connectivity index is 1.53. The summed E-state index contributed by atoms with van der Waals surface area (Å²) in [5.74, 6) is 0. The molecule has 3 heterocycles. The smallest absolute Gasteiger partial charge is 0.145 e. The molecule has 0 N–H and O–H groups in total. The first-order chi connectivity index (χ1) is 15.4. The van der Waals surface area contributed by atoms with Gasteiger partial charge in [0.2, 0.25) is 0 Å². The first-order valence-corrected chi connectivity index (χ1v) is 10.8. The largest absolute Gasteiger partial charge is 0.298 e. The summed E-state index contributed by atoms with van der Waals surface area (Å²) in [5.41, 5.74) is 13.4. The third-order valence-electron chi connectivity index (χ3n) is 7.17. The number of imidazole rings is 1.